The van der Waals surface area contributed by atoms with Crippen LogP contribution in [0.4, 0.5) is 5.69 Å². The number of non-ortho nitro benzene ring substituents is 1. The summed E-state index contributed by atoms with van der Waals surface area (Å²) in [4.78, 5) is 10.3. The summed E-state index contributed by atoms with van der Waals surface area (Å²) in [6.45, 7) is 0. The SMILES string of the molecule is COc1ccc(-c2nn(-c3ccc([N+](=O)[O-])cc3)cc2C#N)cc1. The highest BCUT2D eigenvalue weighted by atomic mass is 16.6. The van der Waals surface area contributed by atoms with Crippen LogP contribution in [0.5, 0.6) is 5.75 Å². The predicted octanol–water partition coefficient (Wildman–Crippen LogP) is 3.33. The van der Waals surface area contributed by atoms with Crippen molar-refractivity contribution in [2.45, 2.75) is 0 Å². The molecule has 0 unspecified atom stereocenters. The van der Waals surface area contributed by atoms with E-state index in [4.69, 9.17) is 4.74 Å². The molecule has 2 aromatic carbocycles. The molecular formula is C17H12N4O3. The third kappa shape index (κ3) is 2.80. The summed E-state index contributed by atoms with van der Waals surface area (Å²) in [5, 5.41) is 24.5. The first-order valence-corrected chi connectivity index (χ1v) is 7.01. The van der Waals surface area contributed by atoms with Crippen LogP contribution in [-0.2, 0) is 0 Å². The molecule has 1 heterocycles. The second-order valence-electron chi connectivity index (χ2n) is 4.95. The minimum atomic E-state index is -0.462. The highest BCUT2D eigenvalue weighted by molar-refractivity contribution is 5.67. The van der Waals surface area contributed by atoms with Gasteiger partial charge in [-0.1, -0.05) is 0 Å². The number of rotatable bonds is 4. The van der Waals surface area contributed by atoms with E-state index in [0.717, 1.165) is 5.56 Å². The fourth-order valence-corrected chi connectivity index (χ4v) is 2.28. The van der Waals surface area contributed by atoms with E-state index in [2.05, 4.69) is 11.2 Å². The highest BCUT2D eigenvalue weighted by Crippen LogP contribution is 2.25. The molecule has 0 fully saturated rings. The van der Waals surface area contributed by atoms with Crippen molar-refractivity contribution in [3.05, 3.63) is 70.4 Å². The summed E-state index contributed by atoms with van der Waals surface area (Å²) >= 11 is 0. The van der Waals surface area contributed by atoms with Crippen LogP contribution in [0.15, 0.2) is 54.7 Å². The van der Waals surface area contributed by atoms with Crippen LogP contribution in [-0.4, -0.2) is 21.8 Å². The Morgan fingerprint density at radius 2 is 1.83 bits per heavy atom. The summed E-state index contributed by atoms with van der Waals surface area (Å²) < 4.78 is 6.65. The molecule has 0 amide bonds. The maximum atomic E-state index is 10.7. The molecule has 0 saturated carbocycles. The Labute approximate surface area is 137 Å². The molecule has 0 aliphatic carbocycles. The quantitative estimate of drug-likeness (QED) is 0.543. The van der Waals surface area contributed by atoms with Crippen molar-refractivity contribution in [2.24, 2.45) is 0 Å². The lowest BCUT2D eigenvalue weighted by atomic mass is 10.1. The minimum absolute atomic E-state index is 0.00166. The Morgan fingerprint density at radius 3 is 2.38 bits per heavy atom. The molecule has 0 aliphatic rings. The first-order valence-electron chi connectivity index (χ1n) is 7.01. The molecule has 1 aromatic heterocycles. The van der Waals surface area contributed by atoms with Crippen molar-refractivity contribution >= 4 is 5.69 Å². The molecule has 0 spiro atoms. The van der Waals surface area contributed by atoms with Gasteiger partial charge in [-0.15, -0.1) is 0 Å². The van der Waals surface area contributed by atoms with Crippen LogP contribution < -0.4 is 4.74 Å². The van der Waals surface area contributed by atoms with Crippen LogP contribution in [0.1, 0.15) is 5.56 Å². The number of nitriles is 1. The zero-order valence-electron chi connectivity index (χ0n) is 12.7. The van der Waals surface area contributed by atoms with E-state index >= 15 is 0 Å². The standard InChI is InChI=1S/C17H12N4O3/c1-24-16-8-2-12(3-9-16)17-13(10-18)11-20(19-17)14-4-6-15(7-5-14)21(22)23/h2-9,11H,1H3. The summed E-state index contributed by atoms with van der Waals surface area (Å²) in [6.07, 6.45) is 1.60. The average molecular weight is 320 g/mol. The van der Waals surface area contributed by atoms with Crippen LogP contribution in [0.25, 0.3) is 16.9 Å². The second-order valence-corrected chi connectivity index (χ2v) is 4.95. The van der Waals surface area contributed by atoms with Crippen LogP contribution in [0.2, 0.25) is 0 Å². The zero-order valence-corrected chi connectivity index (χ0v) is 12.7. The van der Waals surface area contributed by atoms with Crippen molar-refractivity contribution in [3.8, 4) is 28.8 Å². The third-order valence-electron chi connectivity index (χ3n) is 3.52. The van der Waals surface area contributed by atoms with Crippen molar-refractivity contribution in [1.29, 1.82) is 5.26 Å². The lowest BCUT2D eigenvalue weighted by Gasteiger charge is -2.02. The van der Waals surface area contributed by atoms with Gasteiger partial charge in [0.25, 0.3) is 5.69 Å². The Bertz CT molecular complexity index is 922. The molecule has 3 aromatic rings. The number of ether oxygens (including phenoxy) is 1. The van der Waals surface area contributed by atoms with Crippen molar-refractivity contribution in [3.63, 3.8) is 0 Å². The number of nitrogens with zero attached hydrogens (tertiary/aromatic N) is 4. The van der Waals surface area contributed by atoms with Crippen molar-refractivity contribution < 1.29 is 9.66 Å². The summed E-state index contributed by atoms with van der Waals surface area (Å²) in [5.74, 6) is 0.715. The fourth-order valence-electron chi connectivity index (χ4n) is 2.28. The van der Waals surface area contributed by atoms with Crippen LogP contribution in [0.3, 0.4) is 0 Å². The molecular weight excluding hydrogens is 308 g/mol. The average Bonchev–Trinajstić information content (AvgIpc) is 3.06. The van der Waals surface area contributed by atoms with Crippen molar-refractivity contribution in [1.82, 2.24) is 9.78 Å². The number of hydrogen-bond acceptors (Lipinski definition) is 5. The third-order valence-corrected chi connectivity index (χ3v) is 3.52. The Hall–Kier alpha value is -3.66. The Morgan fingerprint density at radius 1 is 1.17 bits per heavy atom. The molecule has 0 saturated heterocycles. The van der Waals surface area contributed by atoms with Crippen molar-refractivity contribution in [2.75, 3.05) is 7.11 Å². The van der Waals surface area contributed by atoms with Gasteiger partial charge in [0.15, 0.2) is 0 Å². The molecule has 0 atom stereocenters. The van der Waals surface area contributed by atoms with E-state index in [1.54, 1.807) is 37.6 Å². The van der Waals surface area contributed by atoms with Gasteiger partial charge in [0.2, 0.25) is 0 Å². The summed E-state index contributed by atoms with van der Waals surface area (Å²) in [7, 11) is 1.58. The topological polar surface area (TPSA) is 94.0 Å². The Balaban J connectivity index is 2.00. The second kappa shape index (κ2) is 6.22. The Kier molecular flexibility index (Phi) is 3.95. The van der Waals surface area contributed by atoms with Crippen LogP contribution in [0, 0.1) is 21.4 Å². The number of hydrogen-bond donors (Lipinski definition) is 0. The van der Waals surface area contributed by atoms with E-state index in [9.17, 15) is 15.4 Å². The molecule has 7 heteroatoms. The molecule has 118 valence electrons. The van der Waals surface area contributed by atoms with E-state index in [1.165, 1.54) is 16.8 Å². The van der Waals surface area contributed by atoms with Gasteiger partial charge in [0.05, 0.1) is 23.3 Å². The highest BCUT2D eigenvalue weighted by Gasteiger charge is 2.13. The van der Waals surface area contributed by atoms with Gasteiger partial charge in [-0.05, 0) is 36.4 Å². The number of methoxy groups -OCH3 is 1. The zero-order chi connectivity index (χ0) is 17.1. The summed E-state index contributed by atoms with van der Waals surface area (Å²) in [6, 6.07) is 15.3. The molecule has 0 radical (unpaired) electrons. The van der Waals surface area contributed by atoms with E-state index < -0.39 is 4.92 Å². The number of benzene rings is 2. The maximum absolute atomic E-state index is 10.7. The van der Waals surface area contributed by atoms with Gasteiger partial charge < -0.3 is 4.74 Å². The minimum Gasteiger partial charge on any atom is -0.497 e. The van der Waals surface area contributed by atoms with E-state index in [1.807, 2.05) is 12.1 Å². The lowest BCUT2D eigenvalue weighted by Crippen LogP contribution is -1.95. The van der Waals surface area contributed by atoms with Crippen LogP contribution >= 0.6 is 0 Å². The summed E-state index contributed by atoms with van der Waals surface area (Å²) in [5.41, 5.74) is 2.38. The molecule has 0 bridgehead atoms. The first-order chi connectivity index (χ1) is 11.6. The van der Waals surface area contributed by atoms with Gasteiger partial charge >= 0.3 is 0 Å². The maximum Gasteiger partial charge on any atom is 0.269 e. The van der Waals surface area contributed by atoms with Gasteiger partial charge in [-0.3, -0.25) is 10.1 Å². The largest absolute Gasteiger partial charge is 0.497 e. The lowest BCUT2D eigenvalue weighted by molar-refractivity contribution is -0.384. The number of aromatic nitrogens is 2. The molecule has 3 rings (SSSR count). The van der Waals surface area contributed by atoms with Gasteiger partial charge in [0.1, 0.15) is 17.5 Å². The van der Waals surface area contributed by atoms with E-state index in [-0.39, 0.29) is 5.69 Å². The smallest absolute Gasteiger partial charge is 0.269 e. The molecule has 7 nitrogen and oxygen atoms in total. The molecule has 0 N–H and O–H groups in total. The van der Waals surface area contributed by atoms with Gasteiger partial charge in [0, 0.05) is 23.9 Å². The van der Waals surface area contributed by atoms with Gasteiger partial charge in [-0.2, -0.15) is 10.4 Å². The van der Waals surface area contributed by atoms with Gasteiger partial charge in [-0.25, -0.2) is 4.68 Å². The molecule has 0 aliphatic heterocycles. The van der Waals surface area contributed by atoms with E-state index in [0.29, 0.717) is 22.7 Å². The number of nitro benzene ring substituents is 1. The number of nitro groups is 1. The first kappa shape index (κ1) is 15.2. The monoisotopic (exact) mass is 320 g/mol. The molecule has 24 heavy (non-hydrogen) atoms. The normalized spacial score (nSPS) is 10.2. The fraction of sp³-hybridized carbons (Fsp3) is 0.0588. The predicted molar refractivity (Wildman–Crippen MR) is 86.9 cm³/mol.